The van der Waals surface area contributed by atoms with Crippen LogP contribution in [-0.2, 0) is 4.79 Å². The van der Waals surface area contributed by atoms with Gasteiger partial charge in [-0.05, 0) is 79.6 Å². The molecular formula is C20H30O2. The SMILES string of the molecule is CCC1CC(=O)C=C2CC[C@@H]3[C@H](CC[C@]4(C)[C@@H](O)CC[C@@H]34)C21. The van der Waals surface area contributed by atoms with Crippen molar-refractivity contribution in [3.63, 3.8) is 0 Å². The predicted molar refractivity (Wildman–Crippen MR) is 87.3 cm³/mol. The van der Waals surface area contributed by atoms with Crippen molar-refractivity contribution in [2.75, 3.05) is 0 Å². The lowest BCUT2D eigenvalue weighted by molar-refractivity contribution is -0.118. The molecule has 0 bridgehead atoms. The minimum atomic E-state index is -0.0784. The fourth-order valence-corrected chi connectivity index (χ4v) is 6.80. The van der Waals surface area contributed by atoms with Gasteiger partial charge in [-0.3, -0.25) is 4.79 Å². The maximum atomic E-state index is 12.0. The zero-order valence-corrected chi connectivity index (χ0v) is 14.1. The van der Waals surface area contributed by atoms with Gasteiger partial charge in [0.1, 0.15) is 0 Å². The summed E-state index contributed by atoms with van der Waals surface area (Å²) in [6, 6.07) is 0. The Morgan fingerprint density at radius 2 is 2.05 bits per heavy atom. The van der Waals surface area contributed by atoms with Crippen molar-refractivity contribution in [3.05, 3.63) is 11.6 Å². The monoisotopic (exact) mass is 302 g/mol. The van der Waals surface area contributed by atoms with E-state index in [1.54, 1.807) is 0 Å². The van der Waals surface area contributed by atoms with Gasteiger partial charge >= 0.3 is 0 Å². The molecule has 4 aliphatic rings. The molecule has 0 aliphatic heterocycles. The van der Waals surface area contributed by atoms with Crippen LogP contribution in [0.15, 0.2) is 11.6 Å². The van der Waals surface area contributed by atoms with Crippen molar-refractivity contribution in [3.8, 4) is 0 Å². The minimum Gasteiger partial charge on any atom is -0.393 e. The van der Waals surface area contributed by atoms with E-state index in [0.717, 1.165) is 43.4 Å². The number of rotatable bonds is 1. The lowest BCUT2D eigenvalue weighted by Crippen LogP contribution is -2.49. The molecule has 122 valence electrons. The Morgan fingerprint density at radius 3 is 2.82 bits per heavy atom. The highest BCUT2D eigenvalue weighted by molar-refractivity contribution is 5.91. The van der Waals surface area contributed by atoms with Crippen LogP contribution in [-0.4, -0.2) is 17.0 Å². The fraction of sp³-hybridized carbons (Fsp3) is 0.850. The summed E-state index contributed by atoms with van der Waals surface area (Å²) in [6.07, 6.45) is 10.9. The van der Waals surface area contributed by atoms with Crippen molar-refractivity contribution < 1.29 is 9.90 Å². The number of ketones is 1. The number of aliphatic hydroxyl groups excluding tert-OH is 1. The average Bonchev–Trinajstić information content (AvgIpc) is 2.81. The second-order valence-electron chi connectivity index (χ2n) is 8.69. The van der Waals surface area contributed by atoms with E-state index in [2.05, 4.69) is 13.8 Å². The summed E-state index contributed by atoms with van der Waals surface area (Å²) in [5.74, 6) is 3.91. The Labute approximate surface area is 134 Å². The molecule has 0 saturated heterocycles. The zero-order chi connectivity index (χ0) is 15.5. The summed E-state index contributed by atoms with van der Waals surface area (Å²) in [5.41, 5.74) is 1.65. The molecule has 0 aromatic rings. The Balaban J connectivity index is 1.66. The molecule has 0 spiro atoms. The summed E-state index contributed by atoms with van der Waals surface area (Å²) < 4.78 is 0. The van der Waals surface area contributed by atoms with Crippen molar-refractivity contribution in [1.82, 2.24) is 0 Å². The third kappa shape index (κ3) is 1.99. The summed E-state index contributed by atoms with van der Waals surface area (Å²) >= 11 is 0. The quantitative estimate of drug-likeness (QED) is 0.791. The molecule has 4 rings (SSSR count). The molecule has 0 heterocycles. The summed E-state index contributed by atoms with van der Waals surface area (Å²) in [5, 5.41) is 10.5. The zero-order valence-electron chi connectivity index (χ0n) is 14.1. The molecule has 0 aromatic carbocycles. The number of carbonyl (C=O) groups excluding carboxylic acids is 1. The third-order valence-electron chi connectivity index (χ3n) is 7.94. The molecule has 7 atom stereocenters. The highest BCUT2D eigenvalue weighted by Gasteiger charge is 2.56. The van der Waals surface area contributed by atoms with E-state index >= 15 is 0 Å². The van der Waals surface area contributed by atoms with Gasteiger partial charge in [-0.15, -0.1) is 0 Å². The van der Waals surface area contributed by atoms with Gasteiger partial charge < -0.3 is 5.11 Å². The van der Waals surface area contributed by atoms with E-state index in [0.29, 0.717) is 17.6 Å². The summed E-state index contributed by atoms with van der Waals surface area (Å²) in [6.45, 7) is 4.61. The van der Waals surface area contributed by atoms with Gasteiger partial charge in [-0.1, -0.05) is 25.8 Å². The van der Waals surface area contributed by atoms with Crippen LogP contribution >= 0.6 is 0 Å². The smallest absolute Gasteiger partial charge is 0.155 e. The molecule has 2 unspecified atom stereocenters. The standard InChI is InChI=1S/C20H30O2/c1-3-12-10-14(21)11-13-4-5-15-16(19(12)13)8-9-20(2)17(15)6-7-18(20)22/h11-12,15-19,22H,3-10H2,1-2H3/t12?,15-,16+,17+,18+,19?,20+/m1/s1. The van der Waals surface area contributed by atoms with Crippen molar-refractivity contribution in [2.45, 2.75) is 71.3 Å². The molecule has 3 saturated carbocycles. The van der Waals surface area contributed by atoms with Gasteiger partial charge in [-0.2, -0.15) is 0 Å². The van der Waals surface area contributed by atoms with Gasteiger partial charge in [0.2, 0.25) is 0 Å². The Kier molecular flexibility index (Phi) is 3.52. The highest BCUT2D eigenvalue weighted by atomic mass is 16.3. The number of aliphatic hydroxyl groups is 1. The lowest BCUT2D eigenvalue weighted by Gasteiger charge is -2.54. The number of allylic oxidation sites excluding steroid dienone is 1. The Morgan fingerprint density at radius 1 is 1.23 bits per heavy atom. The molecule has 0 radical (unpaired) electrons. The number of hydrogen-bond donors (Lipinski definition) is 1. The largest absolute Gasteiger partial charge is 0.393 e. The molecule has 2 nitrogen and oxygen atoms in total. The van der Waals surface area contributed by atoms with Crippen LogP contribution < -0.4 is 0 Å². The topological polar surface area (TPSA) is 37.3 Å². The molecule has 2 heteroatoms. The van der Waals surface area contributed by atoms with Gasteiger partial charge in [0, 0.05) is 6.42 Å². The fourth-order valence-electron chi connectivity index (χ4n) is 6.80. The molecule has 0 amide bonds. The second-order valence-corrected chi connectivity index (χ2v) is 8.69. The summed E-state index contributed by atoms with van der Waals surface area (Å²) in [4.78, 5) is 12.0. The van der Waals surface area contributed by atoms with Gasteiger partial charge in [-0.25, -0.2) is 0 Å². The van der Waals surface area contributed by atoms with Gasteiger partial charge in [0.05, 0.1) is 6.10 Å². The molecule has 4 aliphatic carbocycles. The minimum absolute atomic E-state index is 0.0784. The van der Waals surface area contributed by atoms with Gasteiger partial charge in [0.15, 0.2) is 5.78 Å². The van der Waals surface area contributed by atoms with E-state index in [4.69, 9.17) is 0 Å². The van der Waals surface area contributed by atoms with E-state index in [1.807, 2.05) is 6.08 Å². The third-order valence-corrected chi connectivity index (χ3v) is 7.94. The maximum Gasteiger partial charge on any atom is 0.155 e. The average molecular weight is 302 g/mol. The molecule has 3 fully saturated rings. The molecule has 22 heavy (non-hydrogen) atoms. The maximum absolute atomic E-state index is 12.0. The van der Waals surface area contributed by atoms with E-state index in [9.17, 15) is 9.90 Å². The van der Waals surface area contributed by atoms with Crippen LogP contribution in [0, 0.1) is 35.0 Å². The first kappa shape index (κ1) is 14.9. The number of fused-ring (bicyclic) bond motifs is 5. The van der Waals surface area contributed by atoms with Crippen LogP contribution in [0.2, 0.25) is 0 Å². The molecule has 0 aromatic heterocycles. The van der Waals surface area contributed by atoms with Crippen LogP contribution in [0.3, 0.4) is 0 Å². The van der Waals surface area contributed by atoms with Crippen LogP contribution in [0.25, 0.3) is 0 Å². The number of hydrogen-bond acceptors (Lipinski definition) is 2. The first-order valence-electron chi connectivity index (χ1n) is 9.46. The number of carbonyl (C=O) groups is 1. The van der Waals surface area contributed by atoms with Crippen LogP contribution in [0.1, 0.15) is 65.2 Å². The molecule has 1 N–H and O–H groups in total. The summed E-state index contributed by atoms with van der Waals surface area (Å²) in [7, 11) is 0. The predicted octanol–water partition coefficient (Wildman–Crippen LogP) is 4.13. The van der Waals surface area contributed by atoms with E-state index in [1.165, 1.54) is 31.3 Å². The van der Waals surface area contributed by atoms with E-state index < -0.39 is 0 Å². The van der Waals surface area contributed by atoms with E-state index in [-0.39, 0.29) is 11.5 Å². The normalized spacial score (nSPS) is 50.9. The van der Waals surface area contributed by atoms with Crippen molar-refractivity contribution in [1.29, 1.82) is 0 Å². The van der Waals surface area contributed by atoms with Crippen molar-refractivity contribution >= 4 is 5.78 Å². The van der Waals surface area contributed by atoms with Gasteiger partial charge in [0.25, 0.3) is 0 Å². The second kappa shape index (κ2) is 5.19. The Hall–Kier alpha value is -0.630. The lowest BCUT2D eigenvalue weighted by atomic mass is 9.50. The molecular weight excluding hydrogens is 272 g/mol. The van der Waals surface area contributed by atoms with Crippen molar-refractivity contribution in [2.24, 2.45) is 35.0 Å². The first-order valence-corrected chi connectivity index (χ1v) is 9.46. The highest BCUT2D eigenvalue weighted by Crippen LogP contribution is 2.62. The Bertz CT molecular complexity index is 508. The van der Waals surface area contributed by atoms with Crippen LogP contribution in [0.4, 0.5) is 0 Å². The first-order chi connectivity index (χ1) is 10.5. The van der Waals surface area contributed by atoms with Crippen LogP contribution in [0.5, 0.6) is 0 Å².